The Morgan fingerprint density at radius 1 is 1.12 bits per heavy atom. The van der Waals surface area contributed by atoms with Gasteiger partial charge in [0.2, 0.25) is 10.0 Å². The smallest absolute Gasteiger partial charge is 0.255 e. The fourth-order valence-corrected chi connectivity index (χ4v) is 3.09. The number of terminal acetylenes is 1. The minimum atomic E-state index is -3.79. The van der Waals surface area contributed by atoms with Crippen molar-refractivity contribution in [2.75, 3.05) is 26.1 Å². The summed E-state index contributed by atoms with van der Waals surface area (Å²) >= 11 is 0. The van der Waals surface area contributed by atoms with Crippen LogP contribution >= 0.6 is 0 Å². The zero-order valence-corrected chi connectivity index (χ0v) is 15.1. The van der Waals surface area contributed by atoms with Crippen LogP contribution in [0.25, 0.3) is 0 Å². The lowest BCUT2D eigenvalue weighted by atomic mass is 10.2. The van der Waals surface area contributed by atoms with Gasteiger partial charge in [-0.3, -0.25) is 4.79 Å². The number of anilines is 1. The van der Waals surface area contributed by atoms with E-state index in [1.54, 1.807) is 18.2 Å². The second-order valence-corrected chi connectivity index (χ2v) is 6.88. The Morgan fingerprint density at radius 3 is 2.35 bits per heavy atom. The van der Waals surface area contributed by atoms with E-state index in [9.17, 15) is 13.2 Å². The Bertz CT molecular complexity index is 926. The molecule has 0 saturated heterocycles. The lowest BCUT2D eigenvalue weighted by Gasteiger charge is -2.11. The summed E-state index contributed by atoms with van der Waals surface area (Å²) in [6.07, 6.45) is 5.06. The molecule has 0 radical (unpaired) electrons. The fraction of sp³-hybridized carbons (Fsp3) is 0.167. The van der Waals surface area contributed by atoms with Crippen LogP contribution in [-0.2, 0) is 10.0 Å². The van der Waals surface area contributed by atoms with Gasteiger partial charge >= 0.3 is 0 Å². The topological polar surface area (TPSA) is 93.7 Å². The third-order valence-electron chi connectivity index (χ3n) is 3.38. The van der Waals surface area contributed by atoms with Gasteiger partial charge in [0.25, 0.3) is 5.91 Å². The van der Waals surface area contributed by atoms with Crippen LogP contribution in [-0.4, -0.2) is 35.1 Å². The number of carbonyl (C=O) groups excluding carboxylic acids is 1. The number of amides is 1. The van der Waals surface area contributed by atoms with Crippen molar-refractivity contribution >= 4 is 21.6 Å². The maximum Gasteiger partial charge on any atom is 0.255 e. The van der Waals surface area contributed by atoms with Crippen LogP contribution in [0.4, 0.5) is 5.69 Å². The molecule has 0 spiro atoms. The van der Waals surface area contributed by atoms with E-state index in [1.807, 2.05) is 0 Å². The molecule has 0 fully saturated rings. The van der Waals surface area contributed by atoms with Crippen molar-refractivity contribution in [1.82, 2.24) is 4.72 Å². The first-order valence-electron chi connectivity index (χ1n) is 7.47. The molecule has 0 aliphatic heterocycles. The normalized spacial score (nSPS) is 10.7. The SMILES string of the molecule is C#CCNS(=O)(=O)c1cccc(C(=O)Nc2cc(OC)cc(OC)c2)c1. The molecule has 2 aromatic rings. The number of carbonyl (C=O) groups is 1. The van der Waals surface area contributed by atoms with Gasteiger partial charge in [0.15, 0.2) is 0 Å². The van der Waals surface area contributed by atoms with Crippen LogP contribution in [0.3, 0.4) is 0 Å². The van der Waals surface area contributed by atoms with Gasteiger partial charge in [-0.05, 0) is 18.2 Å². The minimum absolute atomic E-state index is 0.0522. The van der Waals surface area contributed by atoms with Gasteiger partial charge in [0, 0.05) is 29.4 Å². The van der Waals surface area contributed by atoms with Crippen LogP contribution < -0.4 is 19.5 Å². The molecule has 0 aliphatic carbocycles. The van der Waals surface area contributed by atoms with Gasteiger partial charge in [-0.25, -0.2) is 8.42 Å². The van der Waals surface area contributed by atoms with E-state index in [-0.39, 0.29) is 17.0 Å². The predicted octanol–water partition coefficient (Wildman–Crippen LogP) is 1.87. The summed E-state index contributed by atoms with van der Waals surface area (Å²) in [5, 5.41) is 2.68. The first-order chi connectivity index (χ1) is 12.4. The molecule has 1 amide bonds. The van der Waals surface area contributed by atoms with E-state index in [4.69, 9.17) is 15.9 Å². The van der Waals surface area contributed by atoms with E-state index in [2.05, 4.69) is 16.0 Å². The molecule has 0 atom stereocenters. The fourth-order valence-electron chi connectivity index (χ4n) is 2.11. The summed E-state index contributed by atoms with van der Waals surface area (Å²) in [6, 6.07) is 10.5. The molecule has 0 unspecified atom stereocenters. The molecular weight excluding hydrogens is 356 g/mol. The van der Waals surface area contributed by atoms with E-state index < -0.39 is 15.9 Å². The first-order valence-corrected chi connectivity index (χ1v) is 8.95. The summed E-state index contributed by atoms with van der Waals surface area (Å²) in [5.74, 6) is 2.73. The van der Waals surface area contributed by atoms with Crippen molar-refractivity contribution in [1.29, 1.82) is 0 Å². The van der Waals surface area contributed by atoms with E-state index >= 15 is 0 Å². The van der Waals surface area contributed by atoms with Crippen molar-refractivity contribution in [2.24, 2.45) is 0 Å². The van der Waals surface area contributed by atoms with Crippen LogP contribution in [0.5, 0.6) is 11.5 Å². The molecule has 0 bridgehead atoms. The molecule has 0 aromatic heterocycles. The molecule has 7 nitrogen and oxygen atoms in total. The molecule has 8 heteroatoms. The van der Waals surface area contributed by atoms with Crippen molar-refractivity contribution in [3.63, 3.8) is 0 Å². The van der Waals surface area contributed by atoms with Gasteiger partial charge in [-0.15, -0.1) is 6.42 Å². The first kappa shape index (κ1) is 19.3. The zero-order chi connectivity index (χ0) is 19.2. The van der Waals surface area contributed by atoms with Crippen molar-refractivity contribution < 1.29 is 22.7 Å². The number of hydrogen-bond acceptors (Lipinski definition) is 5. The number of ether oxygens (including phenoxy) is 2. The minimum Gasteiger partial charge on any atom is -0.497 e. The highest BCUT2D eigenvalue weighted by Crippen LogP contribution is 2.26. The standard InChI is InChI=1S/C18H18N2O5S/c1-4-8-19-26(22,23)17-7-5-6-13(9-17)18(21)20-14-10-15(24-2)12-16(11-14)25-3/h1,5-7,9-12,19H,8H2,2-3H3,(H,20,21). The van der Waals surface area contributed by atoms with Gasteiger partial charge in [-0.1, -0.05) is 12.0 Å². The van der Waals surface area contributed by atoms with E-state index in [0.29, 0.717) is 17.2 Å². The lowest BCUT2D eigenvalue weighted by molar-refractivity contribution is 0.102. The molecule has 0 heterocycles. The molecule has 0 aliphatic rings. The average molecular weight is 374 g/mol. The molecule has 0 saturated carbocycles. The Kier molecular flexibility index (Phi) is 6.22. The van der Waals surface area contributed by atoms with Gasteiger partial charge in [0.05, 0.1) is 25.7 Å². The number of sulfonamides is 1. The maximum absolute atomic E-state index is 12.5. The summed E-state index contributed by atoms with van der Waals surface area (Å²) in [7, 11) is -0.789. The highest BCUT2D eigenvalue weighted by atomic mass is 32.2. The molecular formula is C18H18N2O5S. The largest absolute Gasteiger partial charge is 0.497 e. The van der Waals surface area contributed by atoms with Gasteiger partial charge in [-0.2, -0.15) is 4.72 Å². The van der Waals surface area contributed by atoms with Gasteiger partial charge in [0.1, 0.15) is 11.5 Å². The zero-order valence-electron chi connectivity index (χ0n) is 14.3. The monoisotopic (exact) mass is 374 g/mol. The van der Waals surface area contributed by atoms with Crippen molar-refractivity contribution in [3.8, 4) is 23.8 Å². The predicted molar refractivity (Wildman–Crippen MR) is 98.0 cm³/mol. The van der Waals surface area contributed by atoms with Crippen LogP contribution in [0.1, 0.15) is 10.4 Å². The third-order valence-corrected chi connectivity index (χ3v) is 4.78. The summed E-state index contributed by atoms with van der Waals surface area (Å²) in [6.45, 7) is -0.137. The quantitative estimate of drug-likeness (QED) is 0.722. The molecule has 136 valence electrons. The van der Waals surface area contributed by atoms with Crippen LogP contribution in [0, 0.1) is 12.3 Å². The highest BCUT2D eigenvalue weighted by molar-refractivity contribution is 7.89. The van der Waals surface area contributed by atoms with Gasteiger partial charge < -0.3 is 14.8 Å². The maximum atomic E-state index is 12.5. The van der Waals surface area contributed by atoms with Crippen molar-refractivity contribution in [3.05, 3.63) is 48.0 Å². The average Bonchev–Trinajstić information content (AvgIpc) is 2.66. The van der Waals surface area contributed by atoms with Crippen LogP contribution in [0.15, 0.2) is 47.4 Å². The van der Waals surface area contributed by atoms with E-state index in [0.717, 1.165) is 0 Å². The summed E-state index contributed by atoms with van der Waals surface area (Å²) < 4.78 is 36.8. The van der Waals surface area contributed by atoms with Crippen molar-refractivity contribution in [2.45, 2.75) is 4.90 Å². The second-order valence-electron chi connectivity index (χ2n) is 5.11. The highest BCUT2D eigenvalue weighted by Gasteiger charge is 2.16. The molecule has 2 aromatic carbocycles. The number of benzene rings is 2. The van der Waals surface area contributed by atoms with E-state index in [1.165, 1.54) is 38.5 Å². The Morgan fingerprint density at radius 2 is 1.77 bits per heavy atom. The molecule has 26 heavy (non-hydrogen) atoms. The number of methoxy groups -OCH3 is 2. The summed E-state index contributed by atoms with van der Waals surface area (Å²) in [4.78, 5) is 12.4. The summed E-state index contributed by atoms with van der Waals surface area (Å²) in [5.41, 5.74) is 0.625. The lowest BCUT2D eigenvalue weighted by Crippen LogP contribution is -2.24. The molecule has 2 N–H and O–H groups in total. The second kappa shape index (κ2) is 8.38. The third kappa shape index (κ3) is 4.75. The number of rotatable bonds is 7. The Hall–Kier alpha value is -3.02. The Balaban J connectivity index is 2.26. The van der Waals surface area contributed by atoms with Crippen LogP contribution in [0.2, 0.25) is 0 Å². The number of nitrogens with one attached hydrogen (secondary N) is 2. The number of hydrogen-bond donors (Lipinski definition) is 2. The Labute approximate surface area is 152 Å². The molecule has 2 rings (SSSR count).